The van der Waals surface area contributed by atoms with Gasteiger partial charge in [-0.3, -0.25) is 9.59 Å². The van der Waals surface area contributed by atoms with Gasteiger partial charge in [0.05, 0.1) is 0 Å². The van der Waals surface area contributed by atoms with Crippen LogP contribution in [0.15, 0.2) is 42.5 Å². The van der Waals surface area contributed by atoms with E-state index in [0.717, 1.165) is 6.07 Å². The fourth-order valence-electron chi connectivity index (χ4n) is 4.26. The molecule has 2 aromatic carbocycles. The number of halogens is 3. The zero-order chi connectivity index (χ0) is 22.5. The molecule has 1 fully saturated rings. The largest absolute Gasteiger partial charge is 0.342 e. The quantitative estimate of drug-likeness (QED) is 0.627. The molecule has 0 radical (unpaired) electrons. The van der Waals surface area contributed by atoms with Crippen molar-refractivity contribution in [1.29, 1.82) is 0 Å². The van der Waals surface area contributed by atoms with Crippen LogP contribution in [0.1, 0.15) is 42.1 Å². The van der Waals surface area contributed by atoms with Crippen molar-refractivity contribution in [1.82, 2.24) is 9.80 Å². The number of nitrogens with zero attached hydrogens (tertiary/aromatic N) is 2. The lowest BCUT2D eigenvalue weighted by molar-refractivity contribution is -0.133. The predicted octanol–water partition coefficient (Wildman–Crippen LogP) is 4.95. The van der Waals surface area contributed by atoms with E-state index < -0.39 is 11.6 Å². The lowest BCUT2D eigenvalue weighted by Crippen LogP contribution is -2.48. The van der Waals surface area contributed by atoms with E-state index in [-0.39, 0.29) is 23.8 Å². The molecule has 0 aromatic heterocycles. The SMILES string of the molecule is CCC(=O)N(C)[C@@H](Cc1ccc(F)cc1F)C1CCN(C(=O)c2cccc(Cl)c2)CC1. The first kappa shape index (κ1) is 23.2. The Hall–Kier alpha value is -2.47. The Morgan fingerprint density at radius 2 is 1.87 bits per heavy atom. The normalized spacial score (nSPS) is 15.6. The lowest BCUT2D eigenvalue weighted by atomic mass is 9.84. The third kappa shape index (κ3) is 5.62. The Labute approximate surface area is 186 Å². The van der Waals surface area contributed by atoms with Gasteiger partial charge in [0.2, 0.25) is 5.91 Å². The summed E-state index contributed by atoms with van der Waals surface area (Å²) in [7, 11) is 1.74. The molecule has 3 rings (SSSR count). The number of hydrogen-bond acceptors (Lipinski definition) is 2. The van der Waals surface area contributed by atoms with Gasteiger partial charge < -0.3 is 9.80 Å². The maximum Gasteiger partial charge on any atom is 0.253 e. The molecular weight excluding hydrogens is 422 g/mol. The predicted molar refractivity (Wildman–Crippen MR) is 117 cm³/mol. The van der Waals surface area contributed by atoms with Crippen LogP contribution in [0, 0.1) is 17.6 Å². The number of piperidine rings is 1. The standard InChI is InChI=1S/C24H27ClF2N2O2/c1-3-23(30)28(2)22(14-17-7-8-20(26)15-21(17)27)16-9-11-29(12-10-16)24(31)18-5-4-6-19(25)13-18/h4-8,13,15-16,22H,3,9-12,14H2,1-2H3/t22-/m0/s1. The van der Waals surface area contributed by atoms with Gasteiger partial charge >= 0.3 is 0 Å². The summed E-state index contributed by atoms with van der Waals surface area (Å²) in [5.41, 5.74) is 0.939. The molecule has 1 heterocycles. The maximum atomic E-state index is 14.3. The average Bonchev–Trinajstić information content (AvgIpc) is 2.77. The highest BCUT2D eigenvalue weighted by Crippen LogP contribution is 2.28. The van der Waals surface area contributed by atoms with Crippen molar-refractivity contribution in [3.8, 4) is 0 Å². The average molecular weight is 449 g/mol. The Morgan fingerprint density at radius 1 is 1.16 bits per heavy atom. The van der Waals surface area contributed by atoms with Crippen LogP contribution in [0.2, 0.25) is 5.02 Å². The summed E-state index contributed by atoms with van der Waals surface area (Å²) in [5.74, 6) is -1.21. The molecule has 2 aromatic rings. The smallest absolute Gasteiger partial charge is 0.253 e. The summed E-state index contributed by atoms with van der Waals surface area (Å²) in [5, 5.41) is 0.516. The molecular formula is C24H27ClF2N2O2. The van der Waals surface area contributed by atoms with Crippen LogP contribution in [0.4, 0.5) is 8.78 Å². The molecule has 2 amide bonds. The molecule has 4 nitrogen and oxygen atoms in total. The topological polar surface area (TPSA) is 40.6 Å². The van der Waals surface area contributed by atoms with Crippen LogP contribution in [0.3, 0.4) is 0 Å². The molecule has 1 atom stereocenters. The van der Waals surface area contributed by atoms with E-state index >= 15 is 0 Å². The number of rotatable bonds is 6. The summed E-state index contributed by atoms with van der Waals surface area (Å²) in [6.07, 6.45) is 2.05. The van der Waals surface area contributed by atoms with E-state index in [0.29, 0.717) is 54.9 Å². The fourth-order valence-corrected chi connectivity index (χ4v) is 4.45. The Balaban J connectivity index is 1.73. The van der Waals surface area contributed by atoms with Crippen LogP contribution in [-0.4, -0.2) is 47.8 Å². The van der Waals surface area contributed by atoms with E-state index in [4.69, 9.17) is 11.6 Å². The van der Waals surface area contributed by atoms with E-state index in [2.05, 4.69) is 0 Å². The van der Waals surface area contributed by atoms with Crippen molar-refractivity contribution in [3.63, 3.8) is 0 Å². The van der Waals surface area contributed by atoms with Gasteiger partial charge in [-0.2, -0.15) is 0 Å². The van der Waals surface area contributed by atoms with Gasteiger partial charge in [0.15, 0.2) is 0 Å². The zero-order valence-electron chi connectivity index (χ0n) is 17.8. The van der Waals surface area contributed by atoms with Gasteiger partial charge in [0, 0.05) is 49.3 Å². The molecule has 0 saturated carbocycles. The first-order valence-corrected chi connectivity index (χ1v) is 10.9. The Bertz CT molecular complexity index is 945. The molecule has 0 N–H and O–H groups in total. The lowest BCUT2D eigenvalue weighted by Gasteiger charge is -2.40. The number of amides is 2. The van der Waals surface area contributed by atoms with Crippen molar-refractivity contribution < 1.29 is 18.4 Å². The Morgan fingerprint density at radius 3 is 2.48 bits per heavy atom. The molecule has 1 saturated heterocycles. The van der Waals surface area contributed by atoms with Crippen LogP contribution in [0.25, 0.3) is 0 Å². The molecule has 0 bridgehead atoms. The molecule has 0 aliphatic carbocycles. The maximum absolute atomic E-state index is 14.3. The summed E-state index contributed by atoms with van der Waals surface area (Å²) in [6.45, 7) is 2.89. The third-order valence-electron chi connectivity index (χ3n) is 6.08. The Kier molecular flexibility index (Phi) is 7.65. The van der Waals surface area contributed by atoms with E-state index in [9.17, 15) is 18.4 Å². The van der Waals surface area contributed by atoms with Crippen LogP contribution >= 0.6 is 11.6 Å². The van der Waals surface area contributed by atoms with Crippen LogP contribution < -0.4 is 0 Å². The van der Waals surface area contributed by atoms with Gasteiger partial charge in [-0.1, -0.05) is 30.7 Å². The molecule has 7 heteroatoms. The summed E-state index contributed by atoms with van der Waals surface area (Å²) >= 11 is 6.01. The van der Waals surface area contributed by atoms with Crippen LogP contribution in [0.5, 0.6) is 0 Å². The van der Waals surface area contributed by atoms with Gasteiger partial charge in [0.25, 0.3) is 5.91 Å². The van der Waals surface area contributed by atoms with Gasteiger partial charge in [-0.25, -0.2) is 8.78 Å². The first-order chi connectivity index (χ1) is 14.8. The highest BCUT2D eigenvalue weighted by Gasteiger charge is 2.33. The number of likely N-dealkylation sites (N-methyl/N-ethyl adjacent to an activating group) is 1. The second-order valence-electron chi connectivity index (χ2n) is 8.01. The summed E-state index contributed by atoms with van der Waals surface area (Å²) in [6, 6.07) is 10.2. The van der Waals surface area contributed by atoms with E-state index in [1.807, 2.05) is 0 Å². The molecule has 31 heavy (non-hydrogen) atoms. The second kappa shape index (κ2) is 10.2. The summed E-state index contributed by atoms with van der Waals surface area (Å²) < 4.78 is 27.6. The van der Waals surface area contributed by atoms with Crippen molar-refractivity contribution in [3.05, 3.63) is 70.2 Å². The van der Waals surface area contributed by atoms with E-state index in [1.54, 1.807) is 48.0 Å². The number of benzene rings is 2. The van der Waals surface area contributed by atoms with Crippen molar-refractivity contribution in [2.75, 3.05) is 20.1 Å². The van der Waals surface area contributed by atoms with Crippen LogP contribution in [-0.2, 0) is 11.2 Å². The molecule has 1 aliphatic heterocycles. The molecule has 1 aliphatic rings. The number of hydrogen-bond donors (Lipinski definition) is 0. The minimum Gasteiger partial charge on any atom is -0.342 e. The van der Waals surface area contributed by atoms with Crippen molar-refractivity contribution in [2.24, 2.45) is 5.92 Å². The molecule has 166 valence electrons. The minimum atomic E-state index is -0.622. The monoisotopic (exact) mass is 448 g/mol. The molecule has 0 unspecified atom stereocenters. The second-order valence-corrected chi connectivity index (χ2v) is 8.44. The molecule has 0 spiro atoms. The highest BCUT2D eigenvalue weighted by molar-refractivity contribution is 6.30. The van der Waals surface area contributed by atoms with Gasteiger partial charge in [-0.15, -0.1) is 0 Å². The minimum absolute atomic E-state index is 0.0232. The van der Waals surface area contributed by atoms with Crippen molar-refractivity contribution >= 4 is 23.4 Å². The fraction of sp³-hybridized carbons (Fsp3) is 0.417. The van der Waals surface area contributed by atoms with Gasteiger partial charge in [0.1, 0.15) is 11.6 Å². The highest BCUT2D eigenvalue weighted by atomic mass is 35.5. The number of carbonyl (C=O) groups is 2. The van der Waals surface area contributed by atoms with Crippen molar-refractivity contribution in [2.45, 2.75) is 38.6 Å². The van der Waals surface area contributed by atoms with E-state index in [1.165, 1.54) is 12.1 Å². The number of likely N-dealkylation sites (tertiary alicyclic amines) is 1. The first-order valence-electron chi connectivity index (χ1n) is 10.5. The third-order valence-corrected chi connectivity index (χ3v) is 6.32. The summed E-state index contributed by atoms with van der Waals surface area (Å²) in [4.78, 5) is 28.7. The van der Waals surface area contributed by atoms with Gasteiger partial charge in [-0.05, 0) is 55.0 Å². The number of carbonyl (C=O) groups excluding carboxylic acids is 2. The zero-order valence-corrected chi connectivity index (χ0v) is 18.5.